The van der Waals surface area contributed by atoms with Crippen LogP contribution in [-0.2, 0) is 18.6 Å². The quantitative estimate of drug-likeness (QED) is 0.619. The van der Waals surface area contributed by atoms with Gasteiger partial charge in [0.1, 0.15) is 0 Å². The zero-order valence-electron chi connectivity index (χ0n) is 19.4. The van der Waals surface area contributed by atoms with Crippen molar-refractivity contribution in [2.24, 2.45) is 5.92 Å². The lowest BCUT2D eigenvalue weighted by atomic mass is 9.94. The van der Waals surface area contributed by atoms with Crippen molar-refractivity contribution in [2.45, 2.75) is 78.2 Å². The summed E-state index contributed by atoms with van der Waals surface area (Å²) in [5, 5.41) is 7.35. The Bertz CT molecular complexity index is 774. The minimum Gasteiger partial charge on any atom is -0.309 e. The Morgan fingerprint density at radius 3 is 2.70 bits per heavy atom. The fraction of sp³-hybridized carbons (Fsp3) is 0.600. The van der Waals surface area contributed by atoms with E-state index in [0.29, 0.717) is 12.1 Å². The van der Waals surface area contributed by atoms with E-state index in [2.05, 4.69) is 78.3 Å². The van der Waals surface area contributed by atoms with Crippen molar-refractivity contribution in [3.63, 3.8) is 0 Å². The van der Waals surface area contributed by atoms with Gasteiger partial charge in [-0.25, -0.2) is 0 Å². The molecule has 164 valence electrons. The van der Waals surface area contributed by atoms with Crippen LogP contribution < -0.4 is 10.6 Å². The van der Waals surface area contributed by atoms with Crippen molar-refractivity contribution in [3.8, 4) is 0 Å². The van der Waals surface area contributed by atoms with Gasteiger partial charge in [0.15, 0.2) is 0 Å². The molecule has 2 aromatic rings. The monoisotopic (exact) mass is 409 g/mol. The lowest BCUT2D eigenvalue weighted by molar-refractivity contribution is 0.259. The fourth-order valence-electron chi connectivity index (χ4n) is 4.28. The Morgan fingerprint density at radius 2 is 2.00 bits per heavy atom. The summed E-state index contributed by atoms with van der Waals surface area (Å²) in [5.74, 6) is 0.810. The van der Waals surface area contributed by atoms with Crippen LogP contribution in [-0.4, -0.2) is 40.0 Å². The Balaban J connectivity index is 1.49. The second-order valence-electron chi connectivity index (χ2n) is 9.64. The summed E-state index contributed by atoms with van der Waals surface area (Å²) in [4.78, 5) is 11.4. The molecule has 0 aliphatic carbocycles. The zero-order chi connectivity index (χ0) is 21.6. The molecular weight excluding hydrogens is 370 g/mol. The highest BCUT2D eigenvalue weighted by Crippen LogP contribution is 2.23. The van der Waals surface area contributed by atoms with Gasteiger partial charge < -0.3 is 15.5 Å². The first kappa shape index (κ1) is 22.9. The third-order valence-electron chi connectivity index (χ3n) is 6.36. The maximum atomic E-state index is 4.60. The molecule has 30 heavy (non-hydrogen) atoms. The highest BCUT2D eigenvalue weighted by atomic mass is 15.2. The molecular formula is C25H39N5. The van der Waals surface area contributed by atoms with Crippen LogP contribution in [0.4, 0.5) is 0 Å². The lowest BCUT2D eigenvalue weighted by Crippen LogP contribution is -2.36. The first-order valence-electron chi connectivity index (χ1n) is 11.4. The molecule has 5 nitrogen and oxygen atoms in total. The molecule has 2 unspecified atom stereocenters. The standard InChI is InChI=1S/C25H39N5/c1-19(2)30-12-9-21(18-30)13-20(3)28-17-24-14-23(8-11-27-24)25(4,5)29-16-22-7-6-10-26-15-22/h6-8,10-11,14-15,19-21,28-29H,9,12-13,16-18H2,1-5H3. The highest BCUT2D eigenvalue weighted by molar-refractivity contribution is 5.24. The minimum atomic E-state index is -0.136. The summed E-state index contributed by atoms with van der Waals surface area (Å²) in [6.45, 7) is 15.5. The van der Waals surface area contributed by atoms with E-state index in [9.17, 15) is 0 Å². The Labute approximate surface area is 182 Å². The highest BCUT2D eigenvalue weighted by Gasteiger charge is 2.25. The fourth-order valence-corrected chi connectivity index (χ4v) is 4.28. The molecule has 1 aliphatic rings. The smallest absolute Gasteiger partial charge is 0.0545 e. The predicted molar refractivity (Wildman–Crippen MR) is 124 cm³/mol. The van der Waals surface area contributed by atoms with Crippen LogP contribution in [0.2, 0.25) is 0 Å². The SMILES string of the molecule is CC(CC1CCN(C(C)C)C1)NCc1cc(C(C)(C)NCc2cccnc2)ccn1. The topological polar surface area (TPSA) is 53.1 Å². The van der Waals surface area contributed by atoms with Crippen molar-refractivity contribution in [3.05, 3.63) is 59.7 Å². The number of hydrogen-bond acceptors (Lipinski definition) is 5. The van der Waals surface area contributed by atoms with Crippen LogP contribution in [0.3, 0.4) is 0 Å². The molecule has 5 heteroatoms. The lowest BCUT2D eigenvalue weighted by Gasteiger charge is -2.27. The molecule has 2 N–H and O–H groups in total. The molecule has 0 spiro atoms. The van der Waals surface area contributed by atoms with Gasteiger partial charge in [-0.3, -0.25) is 9.97 Å². The van der Waals surface area contributed by atoms with E-state index in [1.165, 1.54) is 37.1 Å². The molecule has 3 rings (SSSR count). The van der Waals surface area contributed by atoms with Gasteiger partial charge in [-0.2, -0.15) is 0 Å². The number of nitrogens with zero attached hydrogens (tertiary/aromatic N) is 3. The first-order chi connectivity index (χ1) is 14.3. The van der Waals surface area contributed by atoms with Crippen molar-refractivity contribution in [2.75, 3.05) is 13.1 Å². The summed E-state index contributed by atoms with van der Waals surface area (Å²) in [7, 11) is 0. The number of aromatic nitrogens is 2. The van der Waals surface area contributed by atoms with Gasteiger partial charge >= 0.3 is 0 Å². The number of rotatable bonds is 10. The molecule has 3 heterocycles. The first-order valence-corrected chi connectivity index (χ1v) is 11.4. The second kappa shape index (κ2) is 10.5. The van der Waals surface area contributed by atoms with E-state index < -0.39 is 0 Å². The minimum absolute atomic E-state index is 0.136. The van der Waals surface area contributed by atoms with E-state index in [1.807, 2.05) is 24.7 Å². The normalized spacial score (nSPS) is 18.8. The van der Waals surface area contributed by atoms with Crippen LogP contribution in [0.1, 0.15) is 64.3 Å². The summed E-state index contributed by atoms with van der Waals surface area (Å²) >= 11 is 0. The molecule has 0 bridgehead atoms. The molecule has 2 atom stereocenters. The molecule has 0 radical (unpaired) electrons. The Hall–Kier alpha value is -1.82. The van der Waals surface area contributed by atoms with Crippen LogP contribution in [0, 0.1) is 5.92 Å². The molecule has 1 saturated heterocycles. The average molecular weight is 410 g/mol. The zero-order valence-corrected chi connectivity index (χ0v) is 19.4. The number of likely N-dealkylation sites (tertiary alicyclic amines) is 1. The van der Waals surface area contributed by atoms with Crippen molar-refractivity contribution < 1.29 is 0 Å². The van der Waals surface area contributed by atoms with Crippen molar-refractivity contribution >= 4 is 0 Å². The third kappa shape index (κ3) is 6.59. The van der Waals surface area contributed by atoms with Gasteiger partial charge in [0.05, 0.1) is 5.69 Å². The molecule has 2 aromatic heterocycles. The van der Waals surface area contributed by atoms with Gasteiger partial charge in [0.25, 0.3) is 0 Å². The van der Waals surface area contributed by atoms with Crippen molar-refractivity contribution in [1.82, 2.24) is 25.5 Å². The van der Waals surface area contributed by atoms with Crippen LogP contribution in [0.25, 0.3) is 0 Å². The van der Waals surface area contributed by atoms with Crippen LogP contribution >= 0.6 is 0 Å². The largest absolute Gasteiger partial charge is 0.309 e. The van der Waals surface area contributed by atoms with Crippen LogP contribution in [0.15, 0.2) is 42.9 Å². The van der Waals surface area contributed by atoms with E-state index in [0.717, 1.165) is 24.7 Å². The van der Waals surface area contributed by atoms with E-state index >= 15 is 0 Å². The summed E-state index contributed by atoms with van der Waals surface area (Å²) in [6, 6.07) is 9.59. The second-order valence-corrected chi connectivity index (χ2v) is 9.64. The molecule has 0 aromatic carbocycles. The van der Waals surface area contributed by atoms with Gasteiger partial charge in [0.2, 0.25) is 0 Å². The summed E-state index contributed by atoms with van der Waals surface area (Å²) < 4.78 is 0. The van der Waals surface area contributed by atoms with Gasteiger partial charge in [-0.05, 0) is 89.2 Å². The van der Waals surface area contributed by atoms with Gasteiger partial charge in [-0.15, -0.1) is 0 Å². The van der Waals surface area contributed by atoms with Crippen molar-refractivity contribution in [1.29, 1.82) is 0 Å². The van der Waals surface area contributed by atoms with E-state index in [4.69, 9.17) is 0 Å². The maximum Gasteiger partial charge on any atom is 0.0545 e. The molecule has 1 aliphatic heterocycles. The van der Waals surface area contributed by atoms with Gasteiger partial charge in [-0.1, -0.05) is 6.07 Å². The molecule has 0 amide bonds. The average Bonchev–Trinajstić information content (AvgIpc) is 3.21. The Morgan fingerprint density at radius 1 is 1.17 bits per heavy atom. The number of pyridine rings is 2. The summed E-state index contributed by atoms with van der Waals surface area (Å²) in [5.41, 5.74) is 3.42. The summed E-state index contributed by atoms with van der Waals surface area (Å²) in [6.07, 6.45) is 8.22. The number of nitrogens with one attached hydrogen (secondary N) is 2. The van der Waals surface area contributed by atoms with Crippen LogP contribution in [0.5, 0.6) is 0 Å². The Kier molecular flexibility index (Phi) is 7.98. The number of hydrogen-bond donors (Lipinski definition) is 2. The molecule has 0 saturated carbocycles. The predicted octanol–water partition coefficient (Wildman–Crippen LogP) is 4.10. The van der Waals surface area contributed by atoms with E-state index in [1.54, 1.807) is 0 Å². The maximum absolute atomic E-state index is 4.60. The van der Waals surface area contributed by atoms with E-state index in [-0.39, 0.29) is 5.54 Å². The third-order valence-corrected chi connectivity index (χ3v) is 6.36. The van der Waals surface area contributed by atoms with Gasteiger partial charge in [0, 0.05) is 55.8 Å². The molecule has 1 fully saturated rings.